The van der Waals surface area contributed by atoms with Gasteiger partial charge in [0.15, 0.2) is 5.82 Å². The molecule has 0 bridgehead atoms. The molecule has 440 valence electrons. The van der Waals surface area contributed by atoms with E-state index in [9.17, 15) is 9.59 Å². The van der Waals surface area contributed by atoms with Crippen LogP contribution in [-0.2, 0) is 59.2 Å². The number of unbranched alkanes of at least 4 members (excludes halogenated alkanes) is 1. The third kappa shape index (κ3) is 16.0. The fourth-order valence-electron chi connectivity index (χ4n) is 12.8. The number of likely N-dealkylation sites (tertiary alicyclic amines) is 1. The lowest BCUT2D eigenvalue weighted by molar-refractivity contribution is -0.143. The number of carbonyl (C=O) groups is 2. The van der Waals surface area contributed by atoms with E-state index in [-0.39, 0.29) is 35.7 Å². The lowest BCUT2D eigenvalue weighted by Crippen LogP contribution is -2.54. The number of carbonyl (C=O) groups excluding carboxylic acids is 2. The number of benzene rings is 3. The molecule has 5 unspecified atom stereocenters. The highest BCUT2D eigenvalue weighted by molar-refractivity contribution is 5.91. The molecule has 0 radical (unpaired) electrons. The van der Waals surface area contributed by atoms with Gasteiger partial charge in [-0.25, -0.2) is 0 Å². The Morgan fingerprint density at radius 1 is 0.802 bits per heavy atom. The van der Waals surface area contributed by atoms with Gasteiger partial charge in [0, 0.05) is 62.1 Å². The van der Waals surface area contributed by atoms with E-state index in [0.717, 1.165) is 86.3 Å². The van der Waals surface area contributed by atoms with Gasteiger partial charge in [0.1, 0.15) is 17.9 Å². The standard InChI is InChI=1S/C67H95N7O7/c1-11-17-53-24-27-56(42-68-66(75)61-39-48(6)43-73(61)67(76)64(45(2)3)72-44-57-19-12-13-21-58(57)51(72)9)55(41-53)20-16-29-78-31-33-80-35-37-81-36-34-79-32-30-77-28-15-14-18-47(5)38-59-65-71-70-52(10)74(65)60-40-49(7)50(8)62(60)63(69-59)54-25-22-46(4)23-26-54/h12-13,19,21-27,41,45,48,59-64,69H,5,9,11,14-18,20,28-40,42-44H2,1-4,6-8,10H3,(H,68,75)/t48?,59?,60?,61-,62?,63?,64-/m0/s1. The second-order valence-corrected chi connectivity index (χ2v) is 23.8. The van der Waals surface area contributed by atoms with Crippen LogP contribution in [0.3, 0.4) is 0 Å². The number of hydrogen-bond donors (Lipinski definition) is 2. The minimum Gasteiger partial charge on any atom is -0.379 e. The summed E-state index contributed by atoms with van der Waals surface area (Å²) in [7, 11) is 0. The van der Waals surface area contributed by atoms with Crippen LogP contribution in [0.5, 0.6) is 0 Å². The molecule has 3 aliphatic heterocycles. The van der Waals surface area contributed by atoms with Crippen molar-refractivity contribution in [2.24, 2.45) is 17.8 Å². The van der Waals surface area contributed by atoms with Crippen molar-refractivity contribution in [1.82, 2.24) is 35.2 Å². The van der Waals surface area contributed by atoms with Gasteiger partial charge >= 0.3 is 0 Å². The van der Waals surface area contributed by atoms with E-state index < -0.39 is 12.1 Å². The molecule has 0 saturated carbocycles. The number of rotatable bonds is 32. The topological polar surface area (TPSA) is 142 Å². The van der Waals surface area contributed by atoms with Gasteiger partial charge < -0.3 is 43.4 Å². The summed E-state index contributed by atoms with van der Waals surface area (Å²) in [6, 6.07) is 23.5. The molecule has 0 spiro atoms. The van der Waals surface area contributed by atoms with Gasteiger partial charge in [0.05, 0.1) is 58.9 Å². The zero-order chi connectivity index (χ0) is 57.4. The van der Waals surface area contributed by atoms with Crippen LogP contribution < -0.4 is 10.6 Å². The molecule has 2 amide bonds. The summed E-state index contributed by atoms with van der Waals surface area (Å²) in [4.78, 5) is 32.4. The van der Waals surface area contributed by atoms with Gasteiger partial charge in [-0.2, -0.15) is 0 Å². The van der Waals surface area contributed by atoms with Crippen molar-refractivity contribution < 1.29 is 33.3 Å². The maximum Gasteiger partial charge on any atom is 0.246 e. The van der Waals surface area contributed by atoms with Crippen molar-refractivity contribution in [3.8, 4) is 0 Å². The summed E-state index contributed by atoms with van der Waals surface area (Å²) in [5.74, 6) is 2.54. The van der Waals surface area contributed by atoms with Crippen molar-refractivity contribution in [2.45, 2.75) is 163 Å². The molecule has 1 aliphatic carbocycles. The van der Waals surface area contributed by atoms with Crippen LogP contribution in [-0.4, -0.2) is 121 Å². The molecule has 1 aromatic heterocycles. The average Bonchev–Trinajstić information content (AvgIpc) is 3.40. The van der Waals surface area contributed by atoms with Gasteiger partial charge in [-0.1, -0.05) is 136 Å². The molecular formula is C67H95N7O7. The van der Waals surface area contributed by atoms with E-state index in [1.54, 1.807) is 0 Å². The highest BCUT2D eigenvalue weighted by Crippen LogP contribution is 2.51. The Bertz CT molecular complexity index is 2750. The Kier molecular flexibility index (Phi) is 22.9. The van der Waals surface area contributed by atoms with Crippen molar-refractivity contribution in [2.75, 3.05) is 72.6 Å². The van der Waals surface area contributed by atoms with E-state index in [1.165, 1.54) is 44.5 Å². The van der Waals surface area contributed by atoms with Gasteiger partial charge in [0.2, 0.25) is 11.8 Å². The fraction of sp³-hybridized carbons (Fsp3) is 0.582. The van der Waals surface area contributed by atoms with E-state index in [0.29, 0.717) is 104 Å². The van der Waals surface area contributed by atoms with Crippen molar-refractivity contribution in [3.63, 3.8) is 0 Å². The number of aryl methyl sites for hydroxylation is 4. The minimum atomic E-state index is -0.508. The Labute approximate surface area is 484 Å². The number of allylic oxidation sites excluding steroid dienone is 1. The van der Waals surface area contributed by atoms with Gasteiger partial charge in [-0.05, 0) is 125 Å². The van der Waals surface area contributed by atoms with E-state index >= 15 is 0 Å². The highest BCUT2D eigenvalue weighted by atomic mass is 16.6. The molecule has 81 heavy (non-hydrogen) atoms. The number of aromatic nitrogens is 3. The summed E-state index contributed by atoms with van der Waals surface area (Å²) < 4.78 is 31.5. The number of nitrogens with zero attached hydrogens (tertiary/aromatic N) is 5. The molecule has 4 aliphatic rings. The quantitative estimate of drug-likeness (QED) is 0.0357. The fourth-order valence-corrected chi connectivity index (χ4v) is 12.8. The third-order valence-corrected chi connectivity index (χ3v) is 17.2. The molecule has 8 rings (SSSR count). The Morgan fingerprint density at radius 3 is 2.14 bits per heavy atom. The van der Waals surface area contributed by atoms with E-state index in [4.69, 9.17) is 28.8 Å². The Balaban J connectivity index is 0.648. The van der Waals surface area contributed by atoms with Crippen LogP contribution in [0.25, 0.3) is 5.70 Å². The van der Waals surface area contributed by atoms with Crippen molar-refractivity contribution >= 4 is 17.5 Å². The summed E-state index contributed by atoms with van der Waals surface area (Å²) >= 11 is 0. The first kappa shape index (κ1) is 61.6. The van der Waals surface area contributed by atoms with Crippen molar-refractivity contribution in [3.05, 3.63) is 147 Å². The summed E-state index contributed by atoms with van der Waals surface area (Å²) in [5, 5.41) is 16.7. The van der Waals surface area contributed by atoms with E-state index in [1.807, 2.05) is 17.0 Å². The molecule has 4 aromatic rings. The van der Waals surface area contributed by atoms with Gasteiger partial charge in [0.25, 0.3) is 0 Å². The van der Waals surface area contributed by atoms with Gasteiger partial charge in [-0.15, -0.1) is 10.2 Å². The highest BCUT2D eigenvalue weighted by Gasteiger charge is 2.46. The largest absolute Gasteiger partial charge is 0.379 e. The zero-order valence-electron chi connectivity index (χ0n) is 50.2. The first-order valence-electron chi connectivity index (χ1n) is 30.4. The predicted octanol–water partition coefficient (Wildman–Crippen LogP) is 11.3. The number of hydrogen-bond acceptors (Lipinski definition) is 11. The van der Waals surface area contributed by atoms with Crippen molar-refractivity contribution in [1.29, 1.82) is 0 Å². The zero-order valence-corrected chi connectivity index (χ0v) is 50.2. The molecule has 3 aromatic carbocycles. The van der Waals surface area contributed by atoms with Gasteiger partial charge in [-0.3, -0.25) is 14.9 Å². The normalized spacial score (nSPS) is 20.9. The van der Waals surface area contributed by atoms with Crippen LogP contribution in [0.4, 0.5) is 0 Å². The second kappa shape index (κ2) is 30.2. The maximum absolute atomic E-state index is 14.4. The van der Waals surface area contributed by atoms with Crippen LogP contribution >= 0.6 is 0 Å². The smallest absolute Gasteiger partial charge is 0.246 e. The maximum atomic E-state index is 14.4. The van der Waals surface area contributed by atoms with Crippen LogP contribution in [0, 0.1) is 31.6 Å². The molecule has 2 N–H and O–H groups in total. The summed E-state index contributed by atoms with van der Waals surface area (Å²) in [6.07, 6.45) is 9.19. The Hall–Kier alpha value is -5.48. The molecule has 4 heterocycles. The molecule has 14 nitrogen and oxygen atoms in total. The summed E-state index contributed by atoms with van der Waals surface area (Å²) in [6.45, 7) is 33.3. The number of ether oxygens (including phenoxy) is 5. The van der Waals surface area contributed by atoms with Crippen LogP contribution in [0.2, 0.25) is 0 Å². The second-order valence-electron chi connectivity index (χ2n) is 23.8. The third-order valence-electron chi connectivity index (χ3n) is 17.2. The van der Waals surface area contributed by atoms with E-state index in [2.05, 4.69) is 148 Å². The minimum absolute atomic E-state index is 0.00647. The average molecular weight is 1110 g/mol. The van der Waals surface area contributed by atoms with Crippen LogP contribution in [0.1, 0.15) is 162 Å². The first-order valence-corrected chi connectivity index (χ1v) is 30.4. The predicted molar refractivity (Wildman–Crippen MR) is 321 cm³/mol. The molecule has 14 heteroatoms. The monoisotopic (exact) mass is 1110 g/mol. The Morgan fingerprint density at radius 2 is 1.47 bits per heavy atom. The molecule has 7 atom stereocenters. The number of fused-ring (bicyclic) bond motifs is 4. The molecule has 1 saturated heterocycles. The molecule has 1 fully saturated rings. The summed E-state index contributed by atoms with van der Waals surface area (Å²) in [5.41, 5.74) is 13.5. The molecular weight excluding hydrogens is 1010 g/mol. The van der Waals surface area contributed by atoms with Crippen LogP contribution in [0.15, 0.2) is 96.6 Å². The lowest BCUT2D eigenvalue weighted by Gasteiger charge is -2.36. The first-order chi connectivity index (χ1) is 39.2. The number of amides is 2. The lowest BCUT2D eigenvalue weighted by atomic mass is 9.85. The number of nitrogens with one attached hydrogen (secondary N) is 2. The SMILES string of the molecule is C=C(CCCCOCCOCCOCCOCCOCCCc1cc(CCC)ccc1CNC(=O)[C@@H]1CC(C)CN1C(=O)[C@H](C(C)C)N1Cc2ccccc2C1=C)CC1NC(c2ccc(C)cc2)C2C(C)=C(C)CC2n2c(C)nnc21.